The highest BCUT2D eigenvalue weighted by molar-refractivity contribution is 6.03. The number of aryl methyl sites for hydroxylation is 1. The van der Waals surface area contributed by atoms with Crippen LogP contribution < -0.4 is 5.32 Å². The van der Waals surface area contributed by atoms with E-state index >= 15 is 0 Å². The van der Waals surface area contributed by atoms with E-state index in [1.165, 1.54) is 12.1 Å². The second-order valence-electron chi connectivity index (χ2n) is 7.85. The summed E-state index contributed by atoms with van der Waals surface area (Å²) in [4.78, 5) is 28.2. The molecule has 3 aromatic carbocycles. The molecule has 0 aliphatic rings. The Morgan fingerprint density at radius 3 is 2.62 bits per heavy atom. The molecule has 2 aromatic heterocycles. The lowest BCUT2D eigenvalue weighted by Gasteiger charge is -2.03. The summed E-state index contributed by atoms with van der Waals surface area (Å²) in [5.41, 5.74) is 3.85. The van der Waals surface area contributed by atoms with Crippen molar-refractivity contribution in [3.63, 3.8) is 0 Å². The van der Waals surface area contributed by atoms with Crippen molar-refractivity contribution in [1.29, 1.82) is 0 Å². The van der Waals surface area contributed by atoms with Gasteiger partial charge in [-0.15, -0.1) is 0 Å². The number of hydrogen-bond donors (Lipinski definition) is 1. The van der Waals surface area contributed by atoms with Crippen molar-refractivity contribution < 1.29 is 18.6 Å². The lowest BCUT2D eigenvalue weighted by molar-refractivity contribution is -0.384. The molecule has 5 rings (SSSR count). The molecule has 2 heterocycles. The van der Waals surface area contributed by atoms with Gasteiger partial charge in [-0.3, -0.25) is 14.9 Å². The van der Waals surface area contributed by atoms with Gasteiger partial charge in [0.25, 0.3) is 11.6 Å². The molecule has 34 heavy (non-hydrogen) atoms. The standard InChI is InChI=1S/C26H19N3O5/c1-16-7-9-19(21(13-16)29(31)32)22-11-12-24(33-22)26(30)27-18-8-10-23-20(15-18)28-25(34-23)14-17-5-3-2-4-6-17/h2-13,15H,14H2,1H3,(H,27,30). The van der Waals surface area contributed by atoms with Crippen LogP contribution in [0.5, 0.6) is 0 Å². The summed E-state index contributed by atoms with van der Waals surface area (Å²) < 4.78 is 11.5. The van der Waals surface area contributed by atoms with Crippen molar-refractivity contribution in [1.82, 2.24) is 4.98 Å². The zero-order chi connectivity index (χ0) is 23.7. The number of benzene rings is 3. The van der Waals surface area contributed by atoms with E-state index in [0.29, 0.717) is 34.7 Å². The molecule has 0 spiro atoms. The maximum atomic E-state index is 12.7. The van der Waals surface area contributed by atoms with Gasteiger partial charge in [0.15, 0.2) is 17.2 Å². The average molecular weight is 453 g/mol. The summed E-state index contributed by atoms with van der Waals surface area (Å²) in [5.74, 6) is 0.387. The van der Waals surface area contributed by atoms with Crippen LogP contribution in [-0.4, -0.2) is 15.8 Å². The molecule has 0 unspecified atom stereocenters. The Morgan fingerprint density at radius 1 is 1.00 bits per heavy atom. The molecule has 8 heteroatoms. The molecule has 5 aromatic rings. The maximum absolute atomic E-state index is 12.7. The van der Waals surface area contributed by atoms with Crippen molar-refractivity contribution in [3.8, 4) is 11.3 Å². The average Bonchev–Trinajstić information content (AvgIpc) is 3.46. The van der Waals surface area contributed by atoms with Gasteiger partial charge in [0, 0.05) is 18.2 Å². The first-order valence-electron chi connectivity index (χ1n) is 10.6. The van der Waals surface area contributed by atoms with Crippen LogP contribution >= 0.6 is 0 Å². The number of rotatable bonds is 6. The van der Waals surface area contributed by atoms with E-state index in [1.54, 1.807) is 43.3 Å². The lowest BCUT2D eigenvalue weighted by Crippen LogP contribution is -2.10. The number of nitro groups is 1. The van der Waals surface area contributed by atoms with Gasteiger partial charge in [0.1, 0.15) is 11.3 Å². The molecular weight excluding hydrogens is 434 g/mol. The minimum atomic E-state index is -0.478. The fourth-order valence-corrected chi connectivity index (χ4v) is 3.70. The topological polar surface area (TPSA) is 111 Å². The molecule has 0 bridgehead atoms. The van der Waals surface area contributed by atoms with Crippen LogP contribution in [0.15, 0.2) is 87.7 Å². The zero-order valence-corrected chi connectivity index (χ0v) is 18.1. The third-order valence-corrected chi connectivity index (χ3v) is 5.33. The van der Waals surface area contributed by atoms with Crippen molar-refractivity contribution in [2.45, 2.75) is 13.3 Å². The highest BCUT2D eigenvalue weighted by Gasteiger charge is 2.20. The number of fused-ring (bicyclic) bond motifs is 1. The van der Waals surface area contributed by atoms with E-state index in [-0.39, 0.29) is 17.2 Å². The normalized spacial score (nSPS) is 11.0. The van der Waals surface area contributed by atoms with Crippen molar-refractivity contribution in [2.24, 2.45) is 0 Å². The van der Waals surface area contributed by atoms with Crippen molar-refractivity contribution in [2.75, 3.05) is 5.32 Å². The van der Waals surface area contributed by atoms with Crippen molar-refractivity contribution >= 4 is 28.4 Å². The number of hydrogen-bond acceptors (Lipinski definition) is 6. The summed E-state index contributed by atoms with van der Waals surface area (Å²) in [7, 11) is 0. The Balaban J connectivity index is 1.34. The van der Waals surface area contributed by atoms with Crippen LogP contribution in [-0.2, 0) is 6.42 Å². The summed E-state index contributed by atoms with van der Waals surface area (Å²) >= 11 is 0. The van der Waals surface area contributed by atoms with E-state index in [2.05, 4.69) is 10.3 Å². The largest absolute Gasteiger partial charge is 0.451 e. The van der Waals surface area contributed by atoms with Gasteiger partial charge in [-0.2, -0.15) is 0 Å². The fourth-order valence-electron chi connectivity index (χ4n) is 3.70. The van der Waals surface area contributed by atoms with Gasteiger partial charge in [0.05, 0.1) is 10.5 Å². The van der Waals surface area contributed by atoms with Gasteiger partial charge in [-0.25, -0.2) is 4.98 Å². The third kappa shape index (κ3) is 4.29. The number of furan rings is 1. The Hall–Kier alpha value is -4.72. The van der Waals surface area contributed by atoms with Crippen LogP contribution in [0.25, 0.3) is 22.4 Å². The summed E-state index contributed by atoms with van der Waals surface area (Å²) in [6.07, 6.45) is 0.567. The van der Waals surface area contributed by atoms with E-state index in [0.717, 1.165) is 11.1 Å². The van der Waals surface area contributed by atoms with Crippen LogP contribution in [0.2, 0.25) is 0 Å². The van der Waals surface area contributed by atoms with Gasteiger partial charge in [-0.05, 0) is 54.4 Å². The van der Waals surface area contributed by atoms with E-state index in [1.807, 2.05) is 30.3 Å². The first-order valence-corrected chi connectivity index (χ1v) is 10.6. The Kier molecular flexibility index (Phi) is 5.39. The maximum Gasteiger partial charge on any atom is 0.291 e. The third-order valence-electron chi connectivity index (χ3n) is 5.33. The monoisotopic (exact) mass is 453 g/mol. The number of nitro benzene ring substituents is 1. The fraction of sp³-hybridized carbons (Fsp3) is 0.0769. The van der Waals surface area contributed by atoms with Gasteiger partial charge >= 0.3 is 0 Å². The molecule has 168 valence electrons. The lowest BCUT2D eigenvalue weighted by atomic mass is 10.1. The van der Waals surface area contributed by atoms with Crippen LogP contribution in [0.3, 0.4) is 0 Å². The molecule has 0 aliphatic heterocycles. The SMILES string of the molecule is Cc1ccc(-c2ccc(C(=O)Nc3ccc4oc(Cc5ccccc5)nc4c3)o2)c([N+](=O)[O-])c1. The minimum absolute atomic E-state index is 0.0369. The summed E-state index contributed by atoms with van der Waals surface area (Å²) in [6.45, 7) is 1.77. The molecular formula is C26H19N3O5. The van der Waals surface area contributed by atoms with Crippen molar-refractivity contribution in [3.05, 3.63) is 112 Å². The molecule has 1 N–H and O–H groups in total. The predicted molar refractivity (Wildman–Crippen MR) is 127 cm³/mol. The molecule has 0 fully saturated rings. The van der Waals surface area contributed by atoms with Crippen LogP contribution in [0.4, 0.5) is 11.4 Å². The number of nitrogens with one attached hydrogen (secondary N) is 1. The zero-order valence-electron chi connectivity index (χ0n) is 18.1. The van der Waals surface area contributed by atoms with Gasteiger partial charge in [-0.1, -0.05) is 36.4 Å². The number of nitrogens with zero attached hydrogens (tertiary/aromatic N) is 2. The smallest absolute Gasteiger partial charge is 0.291 e. The van der Waals surface area contributed by atoms with E-state index in [4.69, 9.17) is 8.83 Å². The highest BCUT2D eigenvalue weighted by Crippen LogP contribution is 2.32. The summed E-state index contributed by atoms with van der Waals surface area (Å²) in [6, 6.07) is 22.9. The highest BCUT2D eigenvalue weighted by atomic mass is 16.6. The number of oxazole rings is 1. The molecule has 0 saturated carbocycles. The molecule has 1 amide bonds. The first-order chi connectivity index (χ1) is 16.5. The molecule has 8 nitrogen and oxygen atoms in total. The Labute approximate surface area is 194 Å². The number of amides is 1. The summed E-state index contributed by atoms with van der Waals surface area (Å²) in [5, 5.41) is 14.2. The van der Waals surface area contributed by atoms with Crippen LogP contribution in [0.1, 0.15) is 27.6 Å². The molecule has 0 radical (unpaired) electrons. The molecule has 0 aliphatic carbocycles. The second kappa shape index (κ2) is 8.67. The minimum Gasteiger partial charge on any atom is -0.451 e. The van der Waals surface area contributed by atoms with Gasteiger partial charge in [0.2, 0.25) is 0 Å². The predicted octanol–water partition coefficient (Wildman–Crippen LogP) is 6.15. The second-order valence-corrected chi connectivity index (χ2v) is 7.85. The molecule has 0 saturated heterocycles. The van der Waals surface area contributed by atoms with Crippen LogP contribution in [0, 0.1) is 17.0 Å². The quantitative estimate of drug-likeness (QED) is 0.244. The number of carbonyl (C=O) groups excluding carboxylic acids is 1. The number of anilines is 1. The first kappa shape index (κ1) is 21.1. The number of aromatic nitrogens is 1. The number of carbonyl (C=O) groups is 1. The Bertz CT molecular complexity index is 1520. The van der Waals surface area contributed by atoms with E-state index < -0.39 is 10.8 Å². The molecule has 0 atom stereocenters. The van der Waals surface area contributed by atoms with Gasteiger partial charge < -0.3 is 14.2 Å². The Morgan fingerprint density at radius 2 is 1.82 bits per heavy atom. The van der Waals surface area contributed by atoms with E-state index in [9.17, 15) is 14.9 Å².